The fourth-order valence-corrected chi connectivity index (χ4v) is 1.39. The highest BCUT2D eigenvalue weighted by molar-refractivity contribution is 5.99. The Balaban J connectivity index is 2.64. The second kappa shape index (κ2) is 6.71. The molecule has 0 atom stereocenters. The maximum atomic E-state index is 8.63. The summed E-state index contributed by atoms with van der Waals surface area (Å²) in [6.07, 6.45) is 3.32. The van der Waals surface area contributed by atoms with Crippen LogP contribution in [0.3, 0.4) is 0 Å². The Hall–Kier alpha value is -1.71. The van der Waals surface area contributed by atoms with E-state index in [1.54, 1.807) is 6.07 Å². The minimum atomic E-state index is 0.0751. The Morgan fingerprint density at radius 3 is 2.81 bits per heavy atom. The van der Waals surface area contributed by atoms with Crippen molar-refractivity contribution in [1.82, 2.24) is 0 Å². The van der Waals surface area contributed by atoms with Gasteiger partial charge in [-0.15, -0.1) is 0 Å². The van der Waals surface area contributed by atoms with Crippen LogP contribution in [0, 0.1) is 0 Å². The molecular weight excluding hydrogens is 204 g/mol. The maximum absolute atomic E-state index is 8.63. The SMILES string of the molecule is CCCCCOc1ccccc1/C(N)=N/O. The molecule has 1 rings (SSSR count). The van der Waals surface area contributed by atoms with Crippen LogP contribution in [-0.2, 0) is 0 Å². The zero-order valence-corrected chi connectivity index (χ0v) is 9.52. The second-order valence-electron chi connectivity index (χ2n) is 3.54. The van der Waals surface area contributed by atoms with E-state index in [9.17, 15) is 0 Å². The van der Waals surface area contributed by atoms with Crippen LogP contribution in [0.15, 0.2) is 29.4 Å². The Labute approximate surface area is 95.7 Å². The van der Waals surface area contributed by atoms with Crippen LogP contribution in [0.2, 0.25) is 0 Å². The van der Waals surface area contributed by atoms with Crippen molar-refractivity contribution < 1.29 is 9.94 Å². The number of unbranched alkanes of at least 4 members (excludes halogenated alkanes) is 2. The average Bonchev–Trinajstić information content (AvgIpc) is 2.34. The summed E-state index contributed by atoms with van der Waals surface area (Å²) in [7, 11) is 0. The first-order chi connectivity index (χ1) is 7.79. The first-order valence-electron chi connectivity index (χ1n) is 5.49. The predicted octanol–water partition coefficient (Wildman–Crippen LogP) is 2.35. The number of rotatable bonds is 6. The molecule has 16 heavy (non-hydrogen) atoms. The lowest BCUT2D eigenvalue weighted by atomic mass is 10.2. The molecule has 0 aromatic heterocycles. The summed E-state index contributed by atoms with van der Waals surface area (Å²) in [6, 6.07) is 7.28. The van der Waals surface area contributed by atoms with Crippen LogP contribution in [0.5, 0.6) is 5.75 Å². The zero-order chi connectivity index (χ0) is 11.8. The molecule has 1 aromatic rings. The lowest BCUT2D eigenvalue weighted by Crippen LogP contribution is -2.15. The Bertz CT molecular complexity index is 351. The van der Waals surface area contributed by atoms with E-state index in [1.807, 2.05) is 18.2 Å². The van der Waals surface area contributed by atoms with E-state index in [1.165, 1.54) is 0 Å². The number of hydrogen-bond acceptors (Lipinski definition) is 3. The molecule has 0 heterocycles. The normalized spacial score (nSPS) is 11.4. The fraction of sp³-hybridized carbons (Fsp3) is 0.417. The fourth-order valence-electron chi connectivity index (χ4n) is 1.39. The lowest BCUT2D eigenvalue weighted by Gasteiger charge is -2.09. The summed E-state index contributed by atoms with van der Waals surface area (Å²) in [5.74, 6) is 0.736. The summed E-state index contributed by atoms with van der Waals surface area (Å²) >= 11 is 0. The van der Waals surface area contributed by atoms with Gasteiger partial charge in [0.25, 0.3) is 0 Å². The van der Waals surface area contributed by atoms with Gasteiger partial charge < -0.3 is 15.7 Å². The van der Waals surface area contributed by atoms with E-state index in [0.29, 0.717) is 17.9 Å². The maximum Gasteiger partial charge on any atom is 0.173 e. The number of para-hydroxylation sites is 1. The number of hydrogen-bond donors (Lipinski definition) is 2. The third-order valence-electron chi connectivity index (χ3n) is 2.28. The highest BCUT2D eigenvalue weighted by atomic mass is 16.5. The van der Waals surface area contributed by atoms with Gasteiger partial charge in [0.1, 0.15) is 5.75 Å². The van der Waals surface area contributed by atoms with Crippen molar-refractivity contribution >= 4 is 5.84 Å². The van der Waals surface area contributed by atoms with Crippen molar-refractivity contribution in [2.24, 2.45) is 10.9 Å². The van der Waals surface area contributed by atoms with Gasteiger partial charge in [-0.25, -0.2) is 0 Å². The molecule has 4 nitrogen and oxygen atoms in total. The van der Waals surface area contributed by atoms with Crippen LogP contribution in [-0.4, -0.2) is 17.6 Å². The number of nitrogens with two attached hydrogens (primary N) is 1. The van der Waals surface area contributed by atoms with E-state index in [4.69, 9.17) is 15.7 Å². The highest BCUT2D eigenvalue weighted by Gasteiger charge is 2.06. The van der Waals surface area contributed by atoms with Gasteiger partial charge in [0, 0.05) is 0 Å². The number of benzene rings is 1. The van der Waals surface area contributed by atoms with E-state index < -0.39 is 0 Å². The van der Waals surface area contributed by atoms with Crippen LogP contribution >= 0.6 is 0 Å². The van der Waals surface area contributed by atoms with Crippen molar-refractivity contribution in [2.75, 3.05) is 6.61 Å². The molecule has 3 N–H and O–H groups in total. The van der Waals surface area contributed by atoms with Crippen molar-refractivity contribution in [3.8, 4) is 5.75 Å². The average molecular weight is 222 g/mol. The molecule has 0 saturated heterocycles. The zero-order valence-electron chi connectivity index (χ0n) is 9.52. The first kappa shape index (κ1) is 12.4. The standard InChI is InChI=1S/C12H18N2O2/c1-2-3-6-9-16-11-8-5-4-7-10(11)12(13)14-15/h4-5,7-8,15H,2-3,6,9H2,1H3,(H2,13,14). The smallest absolute Gasteiger partial charge is 0.173 e. The van der Waals surface area contributed by atoms with Crippen LogP contribution in [0.4, 0.5) is 0 Å². The van der Waals surface area contributed by atoms with Gasteiger partial charge in [-0.05, 0) is 18.6 Å². The molecule has 1 aromatic carbocycles. The van der Waals surface area contributed by atoms with Crippen molar-refractivity contribution in [3.63, 3.8) is 0 Å². The molecule has 0 amide bonds. The number of nitrogens with zero attached hydrogens (tertiary/aromatic N) is 1. The lowest BCUT2D eigenvalue weighted by molar-refractivity contribution is 0.303. The van der Waals surface area contributed by atoms with Crippen LogP contribution in [0.1, 0.15) is 31.7 Å². The van der Waals surface area contributed by atoms with Gasteiger partial charge in [-0.1, -0.05) is 37.1 Å². The number of amidine groups is 1. The Kier molecular flexibility index (Phi) is 5.19. The van der Waals surface area contributed by atoms with E-state index in [-0.39, 0.29) is 5.84 Å². The van der Waals surface area contributed by atoms with Gasteiger partial charge in [0.2, 0.25) is 0 Å². The van der Waals surface area contributed by atoms with Crippen LogP contribution in [0.25, 0.3) is 0 Å². The molecule has 0 unspecified atom stereocenters. The largest absolute Gasteiger partial charge is 0.493 e. The second-order valence-corrected chi connectivity index (χ2v) is 3.54. The van der Waals surface area contributed by atoms with Gasteiger partial charge in [-0.3, -0.25) is 0 Å². The van der Waals surface area contributed by atoms with Gasteiger partial charge in [-0.2, -0.15) is 0 Å². The molecule has 0 aliphatic heterocycles. The Morgan fingerprint density at radius 2 is 2.12 bits per heavy atom. The molecule has 4 heteroatoms. The minimum Gasteiger partial charge on any atom is -0.493 e. The molecule has 0 spiro atoms. The minimum absolute atomic E-state index is 0.0751. The molecular formula is C12H18N2O2. The monoisotopic (exact) mass is 222 g/mol. The van der Waals surface area contributed by atoms with E-state index >= 15 is 0 Å². The quantitative estimate of drug-likeness (QED) is 0.255. The predicted molar refractivity (Wildman–Crippen MR) is 64.0 cm³/mol. The van der Waals surface area contributed by atoms with Crippen molar-refractivity contribution in [1.29, 1.82) is 0 Å². The summed E-state index contributed by atoms with van der Waals surface area (Å²) in [5.41, 5.74) is 6.17. The molecule has 88 valence electrons. The van der Waals surface area contributed by atoms with E-state index in [0.717, 1.165) is 19.3 Å². The third kappa shape index (κ3) is 3.46. The van der Waals surface area contributed by atoms with Gasteiger partial charge in [0.15, 0.2) is 5.84 Å². The molecule has 0 bridgehead atoms. The first-order valence-corrected chi connectivity index (χ1v) is 5.49. The van der Waals surface area contributed by atoms with Gasteiger partial charge >= 0.3 is 0 Å². The molecule has 0 aliphatic rings. The van der Waals surface area contributed by atoms with Gasteiger partial charge in [0.05, 0.1) is 12.2 Å². The number of ether oxygens (including phenoxy) is 1. The highest BCUT2D eigenvalue weighted by Crippen LogP contribution is 2.17. The molecule has 0 saturated carbocycles. The molecule has 0 aliphatic carbocycles. The Morgan fingerprint density at radius 1 is 1.38 bits per heavy atom. The van der Waals surface area contributed by atoms with E-state index in [2.05, 4.69) is 12.1 Å². The third-order valence-corrected chi connectivity index (χ3v) is 2.28. The summed E-state index contributed by atoms with van der Waals surface area (Å²) in [5, 5.41) is 11.6. The summed E-state index contributed by atoms with van der Waals surface area (Å²) in [4.78, 5) is 0. The molecule has 0 fully saturated rings. The van der Waals surface area contributed by atoms with Crippen molar-refractivity contribution in [2.45, 2.75) is 26.2 Å². The van der Waals surface area contributed by atoms with Crippen molar-refractivity contribution in [3.05, 3.63) is 29.8 Å². The topological polar surface area (TPSA) is 67.8 Å². The summed E-state index contributed by atoms with van der Waals surface area (Å²) in [6.45, 7) is 2.80. The molecule has 0 radical (unpaired) electrons. The van der Waals surface area contributed by atoms with Crippen LogP contribution < -0.4 is 10.5 Å². The number of oxime groups is 1. The summed E-state index contributed by atoms with van der Waals surface area (Å²) < 4.78 is 5.59.